The van der Waals surface area contributed by atoms with E-state index in [2.05, 4.69) is 70.3 Å². The molecule has 3 saturated heterocycles. The van der Waals surface area contributed by atoms with Gasteiger partial charge in [0, 0.05) is 35.7 Å². The highest BCUT2D eigenvalue weighted by Crippen LogP contribution is 2.39. The van der Waals surface area contributed by atoms with Crippen LogP contribution in [0.5, 0.6) is 0 Å². The second-order valence-corrected chi connectivity index (χ2v) is 14.5. The van der Waals surface area contributed by atoms with Crippen molar-refractivity contribution in [3.63, 3.8) is 0 Å². The predicted molar refractivity (Wildman–Crippen MR) is 201 cm³/mol. The summed E-state index contributed by atoms with van der Waals surface area (Å²) in [5, 5.41) is 9.76. The van der Waals surface area contributed by atoms with E-state index in [0.29, 0.717) is 47.8 Å². The van der Waals surface area contributed by atoms with Crippen LogP contribution in [-0.2, 0) is 4.74 Å². The zero-order valence-corrected chi connectivity index (χ0v) is 30.1. The van der Waals surface area contributed by atoms with E-state index < -0.39 is 0 Å². The minimum absolute atomic E-state index is 0.0889. The third-order valence-corrected chi connectivity index (χ3v) is 11.4. The van der Waals surface area contributed by atoms with Gasteiger partial charge in [0.2, 0.25) is 0 Å². The van der Waals surface area contributed by atoms with Crippen molar-refractivity contribution in [3.05, 3.63) is 76.7 Å². The molecule has 0 aliphatic carbocycles. The molecule has 3 aliphatic heterocycles. The Kier molecular flexibility index (Phi) is 13.4. The Morgan fingerprint density at radius 3 is 2.60 bits per heavy atom. The molecule has 5 rings (SSSR count). The maximum absolute atomic E-state index is 14.8. The standard InChI is InChI=1S/C40H55ClFN5O/c1-6-29(27(2)19-20-47-34-13-10-14-35(47)23-34)26-48-40(44-5)46-39(24-42)31(21-32-17-18-33(45-32)25-43-4)22-38(41)28(3)36-16-9-12-30-11-7-8-15-37(30)36/h7-9,11-12,15-16,22,24,27,29,32-35,43,45H,5-6,10,13-14,17-21,23,25-26H2,1-4H3/b31-22-,38-28-,39-24-,46-40?. The number of allylic oxidation sites excluding steroid dienone is 4. The highest BCUT2D eigenvalue weighted by Gasteiger charge is 2.40. The molecular formula is C40H55ClFN5O. The van der Waals surface area contributed by atoms with Gasteiger partial charge >= 0.3 is 6.02 Å². The summed E-state index contributed by atoms with van der Waals surface area (Å²) in [4.78, 5) is 11.4. The molecule has 0 radical (unpaired) electrons. The van der Waals surface area contributed by atoms with E-state index in [9.17, 15) is 4.39 Å². The van der Waals surface area contributed by atoms with Gasteiger partial charge in [-0.15, -0.1) is 0 Å². The topological polar surface area (TPSA) is 61.3 Å². The summed E-state index contributed by atoms with van der Waals surface area (Å²) in [6.45, 7) is 12.8. The monoisotopic (exact) mass is 675 g/mol. The third-order valence-electron chi connectivity index (χ3n) is 11.0. The predicted octanol–water partition coefficient (Wildman–Crippen LogP) is 9.03. The molecule has 6 nitrogen and oxygen atoms in total. The smallest absolute Gasteiger partial charge is 0.316 e. The average Bonchev–Trinajstić information content (AvgIpc) is 3.56. The van der Waals surface area contributed by atoms with E-state index in [1.165, 1.54) is 25.7 Å². The Bertz CT molecular complexity index is 1500. The molecule has 2 N–H and O–H groups in total. The Balaban J connectivity index is 1.33. The van der Waals surface area contributed by atoms with Crippen LogP contribution >= 0.6 is 11.6 Å². The van der Waals surface area contributed by atoms with Crippen LogP contribution in [-0.4, -0.2) is 68.6 Å². The van der Waals surface area contributed by atoms with Gasteiger partial charge in [0.15, 0.2) is 0 Å². The first-order valence-electron chi connectivity index (χ1n) is 18.1. The van der Waals surface area contributed by atoms with Crippen LogP contribution in [0.4, 0.5) is 4.39 Å². The van der Waals surface area contributed by atoms with Gasteiger partial charge in [-0.25, -0.2) is 9.38 Å². The molecular weight excluding hydrogens is 621 g/mol. The van der Waals surface area contributed by atoms with Crippen molar-refractivity contribution in [3.8, 4) is 0 Å². The maximum Gasteiger partial charge on any atom is 0.316 e. The van der Waals surface area contributed by atoms with E-state index in [1.54, 1.807) is 0 Å². The Labute approximate surface area is 292 Å². The number of nitrogens with zero attached hydrogens (tertiary/aromatic N) is 3. The van der Waals surface area contributed by atoms with Gasteiger partial charge < -0.3 is 15.4 Å². The lowest BCUT2D eigenvalue weighted by Gasteiger charge is -2.53. The first-order chi connectivity index (χ1) is 23.3. The highest BCUT2D eigenvalue weighted by atomic mass is 35.5. The number of piperidine rings is 1. The number of hydrogen-bond acceptors (Lipinski definition) is 5. The first kappa shape index (κ1) is 36.4. The second-order valence-electron chi connectivity index (χ2n) is 14.1. The molecule has 8 heteroatoms. The minimum Gasteiger partial charge on any atom is -0.463 e. The van der Waals surface area contributed by atoms with Crippen molar-refractivity contribution in [1.82, 2.24) is 15.5 Å². The summed E-state index contributed by atoms with van der Waals surface area (Å²) >= 11 is 7.05. The molecule has 2 aromatic rings. The lowest BCUT2D eigenvalue weighted by molar-refractivity contribution is -0.0321. The second kappa shape index (κ2) is 17.7. The fourth-order valence-corrected chi connectivity index (χ4v) is 8.25. The van der Waals surface area contributed by atoms with Crippen LogP contribution in [0, 0.1) is 11.8 Å². The van der Waals surface area contributed by atoms with Crippen molar-refractivity contribution < 1.29 is 9.13 Å². The summed E-state index contributed by atoms with van der Waals surface area (Å²) < 4.78 is 21.0. The lowest BCUT2D eigenvalue weighted by Crippen LogP contribution is -2.58. The van der Waals surface area contributed by atoms with Crippen LogP contribution in [0.2, 0.25) is 0 Å². The molecule has 0 saturated carbocycles. The summed E-state index contributed by atoms with van der Waals surface area (Å²) in [6.07, 6.45) is 12.6. The van der Waals surface area contributed by atoms with E-state index >= 15 is 0 Å². The molecule has 0 spiro atoms. The Morgan fingerprint density at radius 1 is 1.15 bits per heavy atom. The number of halogens is 2. The number of aliphatic imine (C=N–C) groups is 2. The molecule has 3 heterocycles. The maximum atomic E-state index is 14.8. The summed E-state index contributed by atoms with van der Waals surface area (Å²) in [7, 11) is 1.96. The van der Waals surface area contributed by atoms with Crippen LogP contribution < -0.4 is 10.6 Å². The number of hydrogen-bond donors (Lipinski definition) is 2. The minimum atomic E-state index is 0.0889. The molecule has 48 heavy (non-hydrogen) atoms. The number of ether oxygens (including phenoxy) is 1. The molecule has 0 amide bonds. The zero-order chi connectivity index (χ0) is 34.0. The zero-order valence-electron chi connectivity index (χ0n) is 29.4. The fraction of sp³-hybridized carbons (Fsp3) is 0.550. The quantitative estimate of drug-likeness (QED) is 0.112. The van der Waals surface area contributed by atoms with Crippen molar-refractivity contribution in [2.24, 2.45) is 21.8 Å². The van der Waals surface area contributed by atoms with Gasteiger partial charge in [-0.05, 0) is 124 Å². The van der Waals surface area contributed by atoms with Crippen LogP contribution in [0.1, 0.15) is 84.1 Å². The van der Waals surface area contributed by atoms with E-state index in [0.717, 1.165) is 72.8 Å². The molecule has 3 aliphatic rings. The van der Waals surface area contributed by atoms with Crippen LogP contribution in [0.25, 0.3) is 16.3 Å². The number of amidine groups is 1. The van der Waals surface area contributed by atoms with Crippen LogP contribution in [0.15, 0.2) is 81.2 Å². The summed E-state index contributed by atoms with van der Waals surface area (Å²) in [5.41, 5.74) is 2.81. The van der Waals surface area contributed by atoms with Crippen molar-refractivity contribution >= 4 is 40.7 Å². The van der Waals surface area contributed by atoms with Crippen molar-refractivity contribution in [2.75, 3.05) is 26.7 Å². The SMILES string of the molecule is C=NC(=NC(=C\F)/C(=C\C(Cl)=C(/C)c1cccc2ccccc12)CC1CCC(CNC)N1)OCC(CC)C(C)CCN1C2CCCC1C2. The van der Waals surface area contributed by atoms with Crippen molar-refractivity contribution in [1.29, 1.82) is 0 Å². The molecule has 2 aromatic carbocycles. The van der Waals surface area contributed by atoms with Gasteiger partial charge in [-0.1, -0.05) is 74.3 Å². The van der Waals surface area contributed by atoms with Gasteiger partial charge in [0.05, 0.1) is 6.61 Å². The molecule has 6 atom stereocenters. The van der Waals surface area contributed by atoms with Gasteiger partial charge in [0.25, 0.3) is 0 Å². The number of likely N-dealkylation sites (N-methyl/N-ethyl adjacent to an activating group) is 1. The Morgan fingerprint density at radius 2 is 1.90 bits per heavy atom. The summed E-state index contributed by atoms with van der Waals surface area (Å²) in [6, 6.07) is 16.7. The Hall–Kier alpha value is -2.84. The van der Waals surface area contributed by atoms with E-state index in [4.69, 9.17) is 16.3 Å². The van der Waals surface area contributed by atoms with Gasteiger partial charge in [-0.2, -0.15) is 4.99 Å². The summed E-state index contributed by atoms with van der Waals surface area (Å²) in [5.74, 6) is 0.840. The first-order valence-corrected chi connectivity index (χ1v) is 18.4. The van der Waals surface area contributed by atoms with Crippen LogP contribution in [0.3, 0.4) is 0 Å². The fourth-order valence-electron chi connectivity index (χ4n) is 8.02. The largest absolute Gasteiger partial charge is 0.463 e. The normalized spacial score (nSPS) is 25.4. The molecule has 2 bridgehead atoms. The van der Waals surface area contributed by atoms with Gasteiger partial charge in [0.1, 0.15) is 12.0 Å². The number of fused-ring (bicyclic) bond motifs is 3. The van der Waals surface area contributed by atoms with E-state index in [1.807, 2.05) is 38.2 Å². The van der Waals surface area contributed by atoms with E-state index in [-0.39, 0.29) is 17.8 Å². The lowest BCUT2D eigenvalue weighted by atomic mass is 9.79. The molecule has 3 fully saturated rings. The van der Waals surface area contributed by atoms with Crippen molar-refractivity contribution in [2.45, 2.75) is 103 Å². The number of benzene rings is 2. The number of rotatable bonds is 15. The average molecular weight is 676 g/mol. The van der Waals surface area contributed by atoms with Gasteiger partial charge in [-0.3, -0.25) is 4.90 Å². The molecule has 0 aromatic heterocycles. The molecule has 6 unspecified atom stereocenters. The highest BCUT2D eigenvalue weighted by molar-refractivity contribution is 6.34. The number of nitrogens with one attached hydrogen (secondary N) is 2. The third kappa shape index (κ3) is 9.03. The molecule has 260 valence electrons.